The standard InChI is InChI=1S/C19H30ClN3O3S/c1-3-17-7-4-5-13-23(17)14-6-12-21-19(24)15-22(2)27(25,26)18-10-8-16(20)9-11-18/h8-11,17H,3-7,12-15H2,1-2H3,(H,21,24). The third kappa shape index (κ3) is 6.45. The van der Waals surface area contributed by atoms with Crippen LogP contribution in [0.2, 0.25) is 5.02 Å². The molecule has 27 heavy (non-hydrogen) atoms. The van der Waals surface area contributed by atoms with Crippen LogP contribution in [0.15, 0.2) is 29.2 Å². The zero-order valence-corrected chi connectivity index (χ0v) is 17.7. The predicted molar refractivity (Wildman–Crippen MR) is 108 cm³/mol. The van der Waals surface area contributed by atoms with Crippen molar-refractivity contribution in [1.82, 2.24) is 14.5 Å². The molecule has 1 saturated heterocycles. The smallest absolute Gasteiger partial charge is 0.243 e. The number of halogens is 1. The number of carbonyl (C=O) groups excluding carboxylic acids is 1. The van der Waals surface area contributed by atoms with Crippen molar-refractivity contribution in [2.24, 2.45) is 0 Å². The Balaban J connectivity index is 1.75. The minimum Gasteiger partial charge on any atom is -0.355 e. The van der Waals surface area contributed by atoms with Gasteiger partial charge >= 0.3 is 0 Å². The summed E-state index contributed by atoms with van der Waals surface area (Å²) in [6, 6.07) is 6.58. The lowest BCUT2D eigenvalue weighted by atomic mass is 10.00. The first-order valence-electron chi connectivity index (χ1n) is 9.57. The van der Waals surface area contributed by atoms with Crippen LogP contribution >= 0.6 is 11.6 Å². The van der Waals surface area contributed by atoms with Crippen molar-refractivity contribution in [3.05, 3.63) is 29.3 Å². The molecule has 0 aromatic heterocycles. The number of hydrogen-bond donors (Lipinski definition) is 1. The van der Waals surface area contributed by atoms with Gasteiger partial charge in [-0.2, -0.15) is 4.31 Å². The Bertz CT molecular complexity index is 709. The molecule has 0 radical (unpaired) electrons. The Labute approximate surface area is 167 Å². The van der Waals surface area contributed by atoms with Gasteiger partial charge in [-0.3, -0.25) is 4.79 Å². The summed E-state index contributed by atoms with van der Waals surface area (Å²) in [5, 5.41) is 3.29. The molecule has 0 bridgehead atoms. The van der Waals surface area contributed by atoms with Gasteiger partial charge in [0.2, 0.25) is 15.9 Å². The van der Waals surface area contributed by atoms with Crippen LogP contribution in [0.5, 0.6) is 0 Å². The van der Waals surface area contributed by atoms with Gasteiger partial charge in [0.15, 0.2) is 0 Å². The first kappa shape index (κ1) is 22.1. The number of nitrogens with zero attached hydrogens (tertiary/aromatic N) is 2. The summed E-state index contributed by atoms with van der Waals surface area (Å²) >= 11 is 5.79. The molecule has 0 aliphatic carbocycles. The molecule has 8 heteroatoms. The maximum absolute atomic E-state index is 12.5. The lowest BCUT2D eigenvalue weighted by Gasteiger charge is -2.35. The quantitative estimate of drug-likeness (QED) is 0.629. The average molecular weight is 416 g/mol. The van der Waals surface area contributed by atoms with Crippen LogP contribution in [0.25, 0.3) is 0 Å². The molecule has 1 N–H and O–H groups in total. The molecule has 1 heterocycles. The highest BCUT2D eigenvalue weighted by Gasteiger charge is 2.23. The van der Waals surface area contributed by atoms with E-state index in [-0.39, 0.29) is 17.3 Å². The van der Waals surface area contributed by atoms with E-state index in [2.05, 4.69) is 17.1 Å². The molecule has 1 aliphatic rings. The molecular formula is C19H30ClN3O3S. The zero-order valence-electron chi connectivity index (χ0n) is 16.2. The van der Waals surface area contributed by atoms with Crippen molar-refractivity contribution in [3.63, 3.8) is 0 Å². The molecule has 1 unspecified atom stereocenters. The van der Waals surface area contributed by atoms with Crippen molar-refractivity contribution in [2.75, 3.05) is 33.2 Å². The van der Waals surface area contributed by atoms with Gasteiger partial charge in [-0.15, -0.1) is 0 Å². The van der Waals surface area contributed by atoms with Gasteiger partial charge in [0.25, 0.3) is 0 Å². The summed E-state index contributed by atoms with van der Waals surface area (Å²) in [4.78, 5) is 14.7. The number of amides is 1. The second kappa shape index (κ2) is 10.4. The number of carbonyl (C=O) groups is 1. The average Bonchev–Trinajstić information content (AvgIpc) is 2.65. The van der Waals surface area contributed by atoms with Crippen LogP contribution in [-0.2, 0) is 14.8 Å². The molecule has 0 spiro atoms. The third-order valence-corrected chi connectivity index (χ3v) is 7.12. The lowest BCUT2D eigenvalue weighted by Crippen LogP contribution is -2.42. The van der Waals surface area contributed by atoms with E-state index in [1.54, 1.807) is 0 Å². The molecule has 1 atom stereocenters. The number of piperidine rings is 1. The Morgan fingerprint density at radius 3 is 2.67 bits per heavy atom. The summed E-state index contributed by atoms with van der Waals surface area (Å²) in [6.07, 6.45) is 5.85. The van der Waals surface area contributed by atoms with Crippen LogP contribution < -0.4 is 5.32 Å². The molecule has 6 nitrogen and oxygen atoms in total. The Morgan fingerprint density at radius 1 is 1.30 bits per heavy atom. The van der Waals surface area contributed by atoms with Gasteiger partial charge in [0, 0.05) is 31.2 Å². The third-order valence-electron chi connectivity index (χ3n) is 5.05. The SMILES string of the molecule is CCC1CCCCN1CCCNC(=O)CN(C)S(=O)(=O)c1ccc(Cl)cc1. The van der Waals surface area contributed by atoms with E-state index in [1.807, 2.05) is 0 Å². The molecule has 2 rings (SSSR count). The van der Waals surface area contributed by atoms with Crippen molar-refractivity contribution < 1.29 is 13.2 Å². The number of hydrogen-bond acceptors (Lipinski definition) is 4. The maximum Gasteiger partial charge on any atom is 0.243 e. The molecular weight excluding hydrogens is 386 g/mol. The Morgan fingerprint density at radius 2 is 2.00 bits per heavy atom. The number of rotatable bonds is 9. The van der Waals surface area contributed by atoms with Gasteiger partial charge in [0.05, 0.1) is 11.4 Å². The molecule has 1 aliphatic heterocycles. The predicted octanol–water partition coefficient (Wildman–Crippen LogP) is 2.73. The first-order chi connectivity index (χ1) is 12.8. The first-order valence-corrected chi connectivity index (χ1v) is 11.4. The van der Waals surface area contributed by atoms with Crippen molar-refractivity contribution in [3.8, 4) is 0 Å². The van der Waals surface area contributed by atoms with E-state index < -0.39 is 10.0 Å². The zero-order chi connectivity index (χ0) is 19.9. The van der Waals surface area contributed by atoms with Gasteiger partial charge in [-0.25, -0.2) is 8.42 Å². The van der Waals surface area contributed by atoms with Gasteiger partial charge in [0.1, 0.15) is 0 Å². The van der Waals surface area contributed by atoms with E-state index in [1.165, 1.54) is 57.0 Å². The Kier molecular flexibility index (Phi) is 8.54. The highest BCUT2D eigenvalue weighted by molar-refractivity contribution is 7.89. The minimum atomic E-state index is -3.70. The summed E-state index contributed by atoms with van der Waals surface area (Å²) in [5.41, 5.74) is 0. The highest BCUT2D eigenvalue weighted by Crippen LogP contribution is 2.19. The topological polar surface area (TPSA) is 69.7 Å². The summed E-state index contributed by atoms with van der Waals surface area (Å²) in [7, 11) is -2.30. The molecule has 1 aromatic rings. The normalized spacial score (nSPS) is 18.6. The summed E-state index contributed by atoms with van der Waals surface area (Å²) < 4.78 is 26.0. The van der Waals surface area contributed by atoms with Crippen molar-refractivity contribution >= 4 is 27.5 Å². The Hall–Kier alpha value is -1.15. The minimum absolute atomic E-state index is 0.123. The van der Waals surface area contributed by atoms with E-state index in [4.69, 9.17) is 11.6 Å². The molecule has 0 saturated carbocycles. The van der Waals surface area contributed by atoms with E-state index in [0.717, 1.165) is 23.8 Å². The fourth-order valence-electron chi connectivity index (χ4n) is 3.46. The monoisotopic (exact) mass is 415 g/mol. The molecule has 1 fully saturated rings. The highest BCUT2D eigenvalue weighted by atomic mass is 35.5. The number of benzene rings is 1. The second-order valence-corrected chi connectivity index (χ2v) is 9.49. The van der Waals surface area contributed by atoms with Gasteiger partial charge in [-0.05, 0) is 56.5 Å². The maximum atomic E-state index is 12.5. The summed E-state index contributed by atoms with van der Waals surface area (Å²) in [6.45, 7) is 4.68. The van der Waals surface area contributed by atoms with Crippen LogP contribution in [-0.4, -0.2) is 62.8 Å². The van der Waals surface area contributed by atoms with Gasteiger partial charge < -0.3 is 10.2 Å². The number of likely N-dealkylation sites (tertiary alicyclic amines) is 1. The van der Waals surface area contributed by atoms with Crippen LogP contribution in [0.3, 0.4) is 0 Å². The molecule has 1 aromatic carbocycles. The lowest BCUT2D eigenvalue weighted by molar-refractivity contribution is -0.121. The largest absolute Gasteiger partial charge is 0.355 e. The van der Waals surface area contributed by atoms with Crippen LogP contribution in [0.4, 0.5) is 0 Å². The fraction of sp³-hybridized carbons (Fsp3) is 0.632. The summed E-state index contributed by atoms with van der Waals surface area (Å²) in [5.74, 6) is -0.291. The van der Waals surface area contributed by atoms with Crippen molar-refractivity contribution in [1.29, 1.82) is 0 Å². The number of sulfonamides is 1. The van der Waals surface area contributed by atoms with Crippen LogP contribution in [0.1, 0.15) is 39.0 Å². The number of likely N-dealkylation sites (N-methyl/N-ethyl adjacent to an activating group) is 1. The molecule has 152 valence electrons. The fourth-order valence-corrected chi connectivity index (χ4v) is 4.71. The van der Waals surface area contributed by atoms with E-state index in [0.29, 0.717) is 17.6 Å². The van der Waals surface area contributed by atoms with Crippen molar-refractivity contribution in [2.45, 2.75) is 50.0 Å². The van der Waals surface area contributed by atoms with Gasteiger partial charge in [-0.1, -0.05) is 24.9 Å². The van der Waals surface area contributed by atoms with E-state index in [9.17, 15) is 13.2 Å². The second-order valence-electron chi connectivity index (χ2n) is 7.01. The van der Waals surface area contributed by atoms with Crippen LogP contribution in [0, 0.1) is 0 Å². The molecule has 1 amide bonds. The van der Waals surface area contributed by atoms with E-state index >= 15 is 0 Å². The number of nitrogens with one attached hydrogen (secondary N) is 1.